The third kappa shape index (κ3) is 4.49. The van der Waals surface area contributed by atoms with Gasteiger partial charge >= 0.3 is 5.97 Å². The number of benzene rings is 2. The minimum Gasteiger partial charge on any atom is -0.461 e. The second-order valence-electron chi connectivity index (χ2n) is 7.14. The van der Waals surface area contributed by atoms with Gasteiger partial charge in [0.2, 0.25) is 0 Å². The first kappa shape index (κ1) is 21.8. The Balaban J connectivity index is 2.03. The number of anilines is 1. The van der Waals surface area contributed by atoms with Crippen molar-refractivity contribution in [1.82, 2.24) is 4.57 Å². The SMILES string of the molecule is CCOC(=O)c1c(C)c(C(=O)Nc2ccc(Br)c(C)c2)c(C)n1Cc1ccccc1. The van der Waals surface area contributed by atoms with E-state index in [0.717, 1.165) is 21.3 Å². The molecule has 1 aromatic heterocycles. The van der Waals surface area contributed by atoms with E-state index in [0.29, 0.717) is 29.1 Å². The molecule has 0 saturated carbocycles. The van der Waals surface area contributed by atoms with Gasteiger partial charge in [0, 0.05) is 22.4 Å². The van der Waals surface area contributed by atoms with Gasteiger partial charge in [-0.2, -0.15) is 0 Å². The van der Waals surface area contributed by atoms with Crippen molar-refractivity contribution < 1.29 is 14.3 Å². The molecule has 0 bridgehead atoms. The highest BCUT2D eigenvalue weighted by atomic mass is 79.9. The molecule has 0 aliphatic heterocycles. The molecule has 3 aromatic rings. The lowest BCUT2D eigenvalue weighted by Gasteiger charge is -2.12. The number of nitrogens with zero attached hydrogens (tertiary/aromatic N) is 1. The zero-order valence-electron chi connectivity index (χ0n) is 17.6. The van der Waals surface area contributed by atoms with Gasteiger partial charge in [-0.3, -0.25) is 4.79 Å². The van der Waals surface area contributed by atoms with Crippen LogP contribution in [-0.2, 0) is 11.3 Å². The van der Waals surface area contributed by atoms with E-state index >= 15 is 0 Å². The molecule has 0 aliphatic carbocycles. The van der Waals surface area contributed by atoms with E-state index in [2.05, 4.69) is 21.2 Å². The van der Waals surface area contributed by atoms with E-state index in [1.54, 1.807) is 13.8 Å². The zero-order chi connectivity index (χ0) is 21.8. The van der Waals surface area contributed by atoms with Crippen LogP contribution in [0.2, 0.25) is 0 Å². The quantitative estimate of drug-likeness (QED) is 0.475. The van der Waals surface area contributed by atoms with Crippen molar-refractivity contribution in [3.63, 3.8) is 0 Å². The van der Waals surface area contributed by atoms with E-state index < -0.39 is 5.97 Å². The molecule has 1 N–H and O–H groups in total. The Morgan fingerprint density at radius 3 is 2.40 bits per heavy atom. The number of amides is 1. The van der Waals surface area contributed by atoms with Crippen LogP contribution in [-0.4, -0.2) is 23.1 Å². The summed E-state index contributed by atoms with van der Waals surface area (Å²) in [5.41, 5.74) is 5.02. The lowest BCUT2D eigenvalue weighted by Crippen LogP contribution is -2.15. The molecular weight excluding hydrogens is 444 g/mol. The normalized spacial score (nSPS) is 10.7. The number of hydrogen-bond donors (Lipinski definition) is 1. The minimum atomic E-state index is -0.424. The fraction of sp³-hybridized carbons (Fsp3) is 0.250. The van der Waals surface area contributed by atoms with Crippen LogP contribution in [0.15, 0.2) is 53.0 Å². The van der Waals surface area contributed by atoms with Gasteiger partial charge < -0.3 is 14.6 Å². The molecule has 6 heteroatoms. The molecule has 0 unspecified atom stereocenters. The van der Waals surface area contributed by atoms with Crippen LogP contribution >= 0.6 is 15.9 Å². The largest absolute Gasteiger partial charge is 0.461 e. The van der Waals surface area contributed by atoms with Crippen LogP contribution < -0.4 is 5.32 Å². The first-order valence-electron chi connectivity index (χ1n) is 9.81. The van der Waals surface area contributed by atoms with Gasteiger partial charge in [-0.25, -0.2) is 4.79 Å². The number of aryl methyl sites for hydroxylation is 1. The number of rotatable bonds is 6. The molecule has 1 amide bonds. The minimum absolute atomic E-state index is 0.246. The van der Waals surface area contributed by atoms with E-state index in [1.165, 1.54) is 0 Å². The first-order valence-corrected chi connectivity index (χ1v) is 10.6. The monoisotopic (exact) mass is 468 g/mol. The van der Waals surface area contributed by atoms with Crippen molar-refractivity contribution in [2.24, 2.45) is 0 Å². The highest BCUT2D eigenvalue weighted by molar-refractivity contribution is 9.10. The van der Waals surface area contributed by atoms with Gasteiger partial charge in [0.1, 0.15) is 5.69 Å². The molecule has 0 saturated heterocycles. The summed E-state index contributed by atoms with van der Waals surface area (Å²) < 4.78 is 8.13. The summed E-state index contributed by atoms with van der Waals surface area (Å²) >= 11 is 3.47. The van der Waals surface area contributed by atoms with Gasteiger partial charge in [-0.1, -0.05) is 46.3 Å². The van der Waals surface area contributed by atoms with Crippen LogP contribution in [0.5, 0.6) is 0 Å². The van der Waals surface area contributed by atoms with Gasteiger partial charge in [0.05, 0.1) is 12.2 Å². The number of esters is 1. The number of nitrogens with one attached hydrogen (secondary N) is 1. The number of aromatic nitrogens is 1. The summed E-state index contributed by atoms with van der Waals surface area (Å²) in [7, 11) is 0. The Bertz CT molecular complexity index is 1090. The van der Waals surface area contributed by atoms with Crippen LogP contribution in [0.4, 0.5) is 5.69 Å². The van der Waals surface area contributed by atoms with Crippen LogP contribution in [0.1, 0.15) is 50.2 Å². The third-order valence-corrected chi connectivity index (χ3v) is 5.95. The maximum atomic E-state index is 13.2. The van der Waals surface area contributed by atoms with Crippen molar-refractivity contribution in [1.29, 1.82) is 0 Å². The van der Waals surface area contributed by atoms with Crippen molar-refractivity contribution in [3.8, 4) is 0 Å². The molecule has 30 heavy (non-hydrogen) atoms. The molecule has 156 valence electrons. The molecule has 2 aromatic carbocycles. The number of ether oxygens (including phenoxy) is 1. The highest BCUT2D eigenvalue weighted by Crippen LogP contribution is 2.26. The van der Waals surface area contributed by atoms with Gasteiger partial charge in [-0.15, -0.1) is 0 Å². The number of halogens is 1. The van der Waals surface area contributed by atoms with E-state index in [-0.39, 0.29) is 12.5 Å². The van der Waals surface area contributed by atoms with Gasteiger partial charge in [0.25, 0.3) is 5.91 Å². The molecule has 1 heterocycles. The Morgan fingerprint density at radius 2 is 1.77 bits per heavy atom. The Hall–Kier alpha value is -2.86. The van der Waals surface area contributed by atoms with Crippen molar-refractivity contribution in [2.75, 3.05) is 11.9 Å². The smallest absolute Gasteiger partial charge is 0.355 e. The predicted molar refractivity (Wildman–Crippen MR) is 122 cm³/mol. The fourth-order valence-electron chi connectivity index (χ4n) is 3.57. The van der Waals surface area contributed by atoms with Crippen molar-refractivity contribution in [2.45, 2.75) is 34.2 Å². The van der Waals surface area contributed by atoms with Crippen molar-refractivity contribution in [3.05, 3.63) is 86.6 Å². The summed E-state index contributed by atoms with van der Waals surface area (Å²) in [5, 5.41) is 2.96. The molecule has 5 nitrogen and oxygen atoms in total. The number of carbonyl (C=O) groups is 2. The van der Waals surface area contributed by atoms with Gasteiger partial charge in [0.15, 0.2) is 0 Å². The molecule has 0 radical (unpaired) electrons. The topological polar surface area (TPSA) is 60.3 Å². The van der Waals surface area contributed by atoms with Crippen LogP contribution in [0, 0.1) is 20.8 Å². The summed E-state index contributed by atoms with van der Waals surface area (Å²) in [6.07, 6.45) is 0. The van der Waals surface area contributed by atoms with Crippen LogP contribution in [0.3, 0.4) is 0 Å². The molecule has 0 aliphatic rings. The fourth-order valence-corrected chi connectivity index (χ4v) is 3.82. The highest BCUT2D eigenvalue weighted by Gasteiger charge is 2.27. The molecule has 0 atom stereocenters. The lowest BCUT2D eigenvalue weighted by molar-refractivity contribution is 0.0513. The summed E-state index contributed by atoms with van der Waals surface area (Å²) in [6, 6.07) is 15.5. The average molecular weight is 469 g/mol. The Labute approximate surface area is 185 Å². The predicted octanol–water partition coefficient (Wildman–Crippen LogP) is 5.65. The van der Waals surface area contributed by atoms with E-state index in [1.807, 2.05) is 66.9 Å². The summed E-state index contributed by atoms with van der Waals surface area (Å²) in [5.74, 6) is -0.670. The second kappa shape index (κ2) is 9.30. The molecule has 0 fully saturated rings. The molecular formula is C24H25BrN2O3. The first-order chi connectivity index (χ1) is 14.3. The number of hydrogen-bond acceptors (Lipinski definition) is 3. The second-order valence-corrected chi connectivity index (χ2v) is 8.00. The Morgan fingerprint density at radius 1 is 1.07 bits per heavy atom. The maximum absolute atomic E-state index is 13.2. The van der Waals surface area contributed by atoms with E-state index in [9.17, 15) is 9.59 Å². The standard InChI is InChI=1S/C24H25BrN2O3/c1-5-30-24(29)22-16(3)21(17(4)27(22)14-18-9-7-6-8-10-18)23(28)26-19-11-12-20(25)15(2)13-19/h6-13H,5,14H2,1-4H3,(H,26,28). The average Bonchev–Trinajstić information content (AvgIpc) is 2.95. The summed E-state index contributed by atoms with van der Waals surface area (Å²) in [4.78, 5) is 25.9. The summed E-state index contributed by atoms with van der Waals surface area (Å²) in [6.45, 7) is 8.14. The molecule has 0 spiro atoms. The molecule has 3 rings (SSSR count). The van der Waals surface area contributed by atoms with Gasteiger partial charge in [-0.05, 0) is 62.6 Å². The van der Waals surface area contributed by atoms with Crippen LogP contribution in [0.25, 0.3) is 0 Å². The van der Waals surface area contributed by atoms with Crippen molar-refractivity contribution >= 4 is 33.5 Å². The van der Waals surface area contributed by atoms with E-state index in [4.69, 9.17) is 4.74 Å². The lowest BCUT2D eigenvalue weighted by atomic mass is 10.1. The number of carbonyl (C=O) groups excluding carboxylic acids is 2. The third-order valence-electron chi connectivity index (χ3n) is 5.06. The Kier molecular flexibility index (Phi) is 6.77. The zero-order valence-corrected chi connectivity index (χ0v) is 19.2. The maximum Gasteiger partial charge on any atom is 0.355 e.